The summed E-state index contributed by atoms with van der Waals surface area (Å²) in [5.41, 5.74) is 0.792. The van der Waals surface area contributed by atoms with E-state index in [-0.39, 0.29) is 36.1 Å². The van der Waals surface area contributed by atoms with Crippen molar-refractivity contribution in [3.8, 4) is 0 Å². The molecule has 0 spiro atoms. The number of allylic oxidation sites excluding steroid dienone is 2. The maximum atomic E-state index is 13.1. The highest BCUT2D eigenvalue weighted by atomic mass is 32.2. The summed E-state index contributed by atoms with van der Waals surface area (Å²) in [7, 11) is -2.20. The molecule has 0 radical (unpaired) electrons. The first kappa shape index (κ1) is 19.4. The smallest absolute Gasteiger partial charge is 0.354 e. The molecule has 0 aromatic carbocycles. The number of amides is 1. The first-order valence-corrected chi connectivity index (χ1v) is 11.0. The van der Waals surface area contributed by atoms with Gasteiger partial charge in [-0.3, -0.25) is 4.79 Å². The van der Waals surface area contributed by atoms with Crippen molar-refractivity contribution in [3.63, 3.8) is 0 Å². The van der Waals surface area contributed by atoms with Crippen LogP contribution in [-0.2, 0) is 19.6 Å². The van der Waals surface area contributed by atoms with Gasteiger partial charge in [-0.15, -0.1) is 4.40 Å². The van der Waals surface area contributed by atoms with E-state index in [1.165, 1.54) is 7.11 Å². The summed E-state index contributed by atoms with van der Waals surface area (Å²) < 4.78 is 34.4. The van der Waals surface area contributed by atoms with E-state index in [9.17, 15) is 18.0 Å². The lowest BCUT2D eigenvalue weighted by Gasteiger charge is -2.35. The molecule has 1 fully saturated rings. The Morgan fingerprint density at radius 3 is 2.69 bits per heavy atom. The summed E-state index contributed by atoms with van der Waals surface area (Å²) >= 11 is 0. The number of rotatable bonds is 3. The van der Waals surface area contributed by atoms with Crippen LogP contribution in [0.25, 0.3) is 0 Å². The van der Waals surface area contributed by atoms with Crippen LogP contribution in [0.1, 0.15) is 29.4 Å². The van der Waals surface area contributed by atoms with E-state index in [1.54, 1.807) is 40.3 Å². The van der Waals surface area contributed by atoms with Crippen LogP contribution in [0, 0.1) is 0 Å². The summed E-state index contributed by atoms with van der Waals surface area (Å²) in [5.74, 6) is -0.476. The van der Waals surface area contributed by atoms with Gasteiger partial charge in [0.25, 0.3) is 15.9 Å². The highest BCUT2D eigenvalue weighted by molar-refractivity contribution is 7.90. The molecule has 0 N–H and O–H groups in total. The van der Waals surface area contributed by atoms with Gasteiger partial charge in [0.05, 0.1) is 18.4 Å². The predicted octanol–water partition coefficient (Wildman–Crippen LogP) is 0.936. The molecule has 1 saturated heterocycles. The zero-order valence-electron chi connectivity index (χ0n) is 16.0. The zero-order chi connectivity index (χ0) is 20.6. The molecule has 0 aliphatic carbocycles. The summed E-state index contributed by atoms with van der Waals surface area (Å²) in [4.78, 5) is 28.4. The first-order chi connectivity index (χ1) is 13.9. The number of fused-ring (bicyclic) bond motifs is 1. The number of esters is 1. The molecule has 0 saturated carbocycles. The molecule has 29 heavy (non-hydrogen) atoms. The summed E-state index contributed by atoms with van der Waals surface area (Å²) in [6.07, 6.45) is 8.30. The number of nitrogens with zero attached hydrogens (tertiary/aromatic N) is 4. The molecule has 4 rings (SSSR count). The van der Waals surface area contributed by atoms with E-state index in [4.69, 9.17) is 4.74 Å². The molecule has 0 unspecified atom stereocenters. The molecular weight excluding hydrogens is 396 g/mol. The second-order valence-electron chi connectivity index (χ2n) is 7.13. The van der Waals surface area contributed by atoms with Crippen LogP contribution in [0.15, 0.2) is 46.7 Å². The van der Waals surface area contributed by atoms with Crippen molar-refractivity contribution in [3.05, 3.63) is 47.9 Å². The van der Waals surface area contributed by atoms with Crippen molar-refractivity contribution in [2.75, 3.05) is 32.5 Å². The summed E-state index contributed by atoms with van der Waals surface area (Å²) in [6.45, 7) is 1.29. The Hall–Kier alpha value is -2.88. The SMILES string of the molecule is COC(=O)c1cccn1C1CCN(C(=O)C2=CC=CN3CCS(=O)(=O)N=C23)CC1. The largest absolute Gasteiger partial charge is 0.464 e. The van der Waals surface area contributed by atoms with E-state index in [0.29, 0.717) is 37.2 Å². The molecular formula is C19H22N4O5S. The zero-order valence-corrected chi connectivity index (χ0v) is 16.8. The second kappa shape index (κ2) is 7.51. The van der Waals surface area contributed by atoms with Crippen molar-refractivity contribution >= 4 is 27.7 Å². The second-order valence-corrected chi connectivity index (χ2v) is 8.89. The monoisotopic (exact) mass is 418 g/mol. The number of sulfonamides is 1. The molecule has 10 heteroatoms. The molecule has 3 aliphatic heterocycles. The van der Waals surface area contributed by atoms with E-state index < -0.39 is 10.0 Å². The lowest BCUT2D eigenvalue weighted by Crippen LogP contribution is -2.45. The van der Waals surface area contributed by atoms with Crippen LogP contribution in [0.4, 0.5) is 0 Å². The minimum atomic E-state index is -3.55. The lowest BCUT2D eigenvalue weighted by molar-refractivity contribution is -0.127. The van der Waals surface area contributed by atoms with Gasteiger partial charge in [0.1, 0.15) is 5.69 Å². The summed E-state index contributed by atoms with van der Waals surface area (Å²) in [5, 5.41) is 0. The van der Waals surface area contributed by atoms with Gasteiger partial charge in [0, 0.05) is 38.1 Å². The maximum absolute atomic E-state index is 13.1. The molecule has 1 amide bonds. The Labute approximate surface area is 169 Å². The van der Waals surface area contributed by atoms with Crippen LogP contribution >= 0.6 is 0 Å². The van der Waals surface area contributed by atoms with Crippen molar-refractivity contribution in [2.24, 2.45) is 4.40 Å². The van der Waals surface area contributed by atoms with Gasteiger partial charge in [-0.05, 0) is 37.1 Å². The van der Waals surface area contributed by atoms with Crippen LogP contribution in [-0.4, -0.2) is 73.0 Å². The average Bonchev–Trinajstić information content (AvgIpc) is 3.21. The third-order valence-corrected chi connectivity index (χ3v) is 6.56. The lowest BCUT2D eigenvalue weighted by atomic mass is 10.0. The van der Waals surface area contributed by atoms with Crippen molar-refractivity contribution < 1.29 is 22.7 Å². The fourth-order valence-corrected chi connectivity index (χ4v) is 4.88. The molecule has 0 atom stereocenters. The van der Waals surface area contributed by atoms with Gasteiger partial charge in [-0.1, -0.05) is 0 Å². The van der Waals surface area contributed by atoms with Crippen molar-refractivity contribution in [1.82, 2.24) is 14.4 Å². The number of hydrogen-bond donors (Lipinski definition) is 0. The van der Waals surface area contributed by atoms with Crippen molar-refractivity contribution in [1.29, 1.82) is 0 Å². The fraction of sp³-hybridized carbons (Fsp3) is 0.421. The third kappa shape index (κ3) is 3.71. The van der Waals surface area contributed by atoms with Gasteiger partial charge in [0.15, 0.2) is 5.84 Å². The molecule has 154 valence electrons. The Morgan fingerprint density at radius 2 is 1.97 bits per heavy atom. The summed E-state index contributed by atoms with van der Waals surface area (Å²) in [6, 6.07) is 3.62. The Morgan fingerprint density at radius 1 is 1.21 bits per heavy atom. The number of carbonyl (C=O) groups excluding carboxylic acids is 2. The Balaban J connectivity index is 1.48. The van der Waals surface area contributed by atoms with Crippen LogP contribution in [0.2, 0.25) is 0 Å². The van der Waals surface area contributed by atoms with E-state index in [0.717, 1.165) is 0 Å². The number of hydrogen-bond acceptors (Lipinski definition) is 6. The number of aromatic nitrogens is 1. The number of likely N-dealkylation sites (tertiary alicyclic amines) is 1. The number of amidine groups is 1. The maximum Gasteiger partial charge on any atom is 0.354 e. The van der Waals surface area contributed by atoms with Gasteiger partial charge >= 0.3 is 5.97 Å². The standard InChI is InChI=1S/C19H22N4O5S/c1-28-19(25)16-5-3-9-23(16)14-6-10-22(11-7-14)18(24)15-4-2-8-21-12-13-29(26,27)20-17(15)21/h2-5,8-9,14H,6-7,10-13H2,1H3. The Kier molecular flexibility index (Phi) is 5.03. The topological polar surface area (TPSA) is 101 Å². The van der Waals surface area contributed by atoms with Gasteiger partial charge in [-0.2, -0.15) is 0 Å². The van der Waals surface area contributed by atoms with E-state index in [2.05, 4.69) is 4.40 Å². The minimum Gasteiger partial charge on any atom is -0.464 e. The van der Waals surface area contributed by atoms with E-state index in [1.807, 2.05) is 10.8 Å². The molecule has 0 bridgehead atoms. The van der Waals surface area contributed by atoms with Gasteiger partial charge in [0.2, 0.25) is 0 Å². The van der Waals surface area contributed by atoms with Crippen LogP contribution < -0.4 is 0 Å². The highest BCUT2D eigenvalue weighted by Crippen LogP contribution is 2.27. The highest BCUT2D eigenvalue weighted by Gasteiger charge is 2.34. The van der Waals surface area contributed by atoms with Crippen LogP contribution in [0.5, 0.6) is 0 Å². The van der Waals surface area contributed by atoms with Crippen molar-refractivity contribution in [2.45, 2.75) is 18.9 Å². The average molecular weight is 418 g/mol. The molecule has 3 aliphatic rings. The quantitative estimate of drug-likeness (QED) is 0.677. The van der Waals surface area contributed by atoms with E-state index >= 15 is 0 Å². The normalized spacial score (nSPS) is 21.3. The van der Waals surface area contributed by atoms with Crippen LogP contribution in [0.3, 0.4) is 0 Å². The first-order valence-electron chi connectivity index (χ1n) is 9.42. The number of ether oxygens (including phenoxy) is 1. The number of carbonyl (C=O) groups is 2. The minimum absolute atomic E-state index is 0.0624. The number of methoxy groups -OCH3 is 1. The molecule has 4 heterocycles. The van der Waals surface area contributed by atoms with Gasteiger partial charge in [-0.25, -0.2) is 13.2 Å². The molecule has 1 aromatic heterocycles. The Bertz CT molecular complexity index is 1030. The van der Waals surface area contributed by atoms with Gasteiger partial charge < -0.3 is 19.1 Å². The predicted molar refractivity (Wildman–Crippen MR) is 106 cm³/mol. The molecule has 9 nitrogen and oxygen atoms in total. The molecule has 1 aromatic rings. The third-order valence-electron chi connectivity index (χ3n) is 5.41. The fourth-order valence-electron chi connectivity index (χ4n) is 3.89. The number of piperidine rings is 1.